The summed E-state index contributed by atoms with van der Waals surface area (Å²) in [5, 5.41) is 3.76. The van der Waals surface area contributed by atoms with Crippen LogP contribution in [0.1, 0.15) is 92.4 Å². The highest BCUT2D eigenvalue weighted by Crippen LogP contribution is 2.38. The molecule has 1 saturated carbocycles. The third-order valence-corrected chi connectivity index (χ3v) is 5.02. The van der Waals surface area contributed by atoms with E-state index in [0.717, 1.165) is 17.8 Å². The van der Waals surface area contributed by atoms with Gasteiger partial charge in [0.25, 0.3) is 0 Å². The van der Waals surface area contributed by atoms with Gasteiger partial charge in [-0.15, -0.1) is 0 Å². The van der Waals surface area contributed by atoms with E-state index < -0.39 is 0 Å². The molecule has 0 aromatic rings. The Balaban J connectivity index is 2.47. The van der Waals surface area contributed by atoms with Crippen molar-refractivity contribution in [2.24, 2.45) is 17.8 Å². The van der Waals surface area contributed by atoms with Crippen LogP contribution >= 0.6 is 0 Å². The van der Waals surface area contributed by atoms with Crippen molar-refractivity contribution in [3.63, 3.8) is 0 Å². The molecule has 3 atom stereocenters. The van der Waals surface area contributed by atoms with E-state index in [1.54, 1.807) is 0 Å². The second-order valence-electron chi connectivity index (χ2n) is 8.11. The number of hydrogen-bond acceptors (Lipinski definition) is 1. The molecule has 20 heavy (non-hydrogen) atoms. The van der Waals surface area contributed by atoms with Gasteiger partial charge in [0.15, 0.2) is 0 Å². The zero-order valence-electron chi connectivity index (χ0n) is 14.8. The number of hydrogen-bond donors (Lipinski definition) is 1. The first-order valence-electron chi connectivity index (χ1n) is 9.21. The van der Waals surface area contributed by atoms with Gasteiger partial charge in [0.2, 0.25) is 0 Å². The average Bonchev–Trinajstić information content (AvgIpc) is 2.37. The van der Waals surface area contributed by atoms with Gasteiger partial charge in [-0.1, -0.05) is 58.8 Å². The van der Waals surface area contributed by atoms with E-state index >= 15 is 0 Å². The fourth-order valence-electron chi connectivity index (χ4n) is 3.81. The summed E-state index contributed by atoms with van der Waals surface area (Å²) in [6.07, 6.45) is 13.0. The zero-order valence-corrected chi connectivity index (χ0v) is 14.8. The molecular weight excluding hydrogens is 242 g/mol. The lowest BCUT2D eigenvalue weighted by atomic mass is 9.70. The second-order valence-corrected chi connectivity index (χ2v) is 8.11. The van der Waals surface area contributed by atoms with Crippen molar-refractivity contribution in [2.75, 3.05) is 6.54 Å². The molecule has 0 aliphatic heterocycles. The highest BCUT2D eigenvalue weighted by Gasteiger charge is 2.30. The van der Waals surface area contributed by atoms with Gasteiger partial charge in [0.05, 0.1) is 0 Å². The molecule has 120 valence electrons. The molecule has 0 heterocycles. The van der Waals surface area contributed by atoms with Crippen molar-refractivity contribution < 1.29 is 0 Å². The normalized spacial score (nSPS) is 27.8. The van der Waals surface area contributed by atoms with Crippen LogP contribution in [0, 0.1) is 17.8 Å². The second kappa shape index (κ2) is 9.07. The maximum absolute atomic E-state index is 3.76. The van der Waals surface area contributed by atoms with Crippen LogP contribution in [0.4, 0.5) is 0 Å². The highest BCUT2D eigenvalue weighted by molar-refractivity contribution is 4.83. The van der Waals surface area contributed by atoms with Crippen molar-refractivity contribution in [2.45, 2.75) is 97.9 Å². The molecule has 1 nitrogen and oxygen atoms in total. The topological polar surface area (TPSA) is 12.0 Å². The Labute approximate surface area is 128 Å². The monoisotopic (exact) mass is 281 g/mol. The Hall–Kier alpha value is -0.0400. The van der Waals surface area contributed by atoms with Crippen LogP contribution in [-0.2, 0) is 0 Å². The Kier molecular flexibility index (Phi) is 8.17. The summed E-state index contributed by atoms with van der Waals surface area (Å²) in [7, 11) is 0. The van der Waals surface area contributed by atoms with Crippen molar-refractivity contribution in [3.8, 4) is 0 Å². The summed E-state index contributed by atoms with van der Waals surface area (Å²) in [5.41, 5.74) is 0.272. The molecule has 1 heteroatoms. The summed E-state index contributed by atoms with van der Waals surface area (Å²) in [5.74, 6) is 2.94. The van der Waals surface area contributed by atoms with Gasteiger partial charge < -0.3 is 5.32 Å². The van der Waals surface area contributed by atoms with Crippen LogP contribution in [0.5, 0.6) is 0 Å². The number of nitrogens with one attached hydrogen (secondary N) is 1. The van der Waals surface area contributed by atoms with E-state index in [2.05, 4.69) is 39.9 Å². The summed E-state index contributed by atoms with van der Waals surface area (Å²) >= 11 is 0. The maximum Gasteiger partial charge on any atom is 0.00966 e. The van der Waals surface area contributed by atoms with E-state index in [4.69, 9.17) is 0 Å². The quantitative estimate of drug-likeness (QED) is 0.555. The SMILES string of the molecule is CCCCCC1CC(CCC)CCC1CNC(C)(C)C. The van der Waals surface area contributed by atoms with Gasteiger partial charge in [0, 0.05) is 5.54 Å². The van der Waals surface area contributed by atoms with Gasteiger partial charge in [-0.2, -0.15) is 0 Å². The van der Waals surface area contributed by atoms with Crippen LogP contribution < -0.4 is 5.32 Å². The van der Waals surface area contributed by atoms with Crippen LogP contribution in [0.15, 0.2) is 0 Å². The molecule has 0 aromatic heterocycles. The molecule has 1 N–H and O–H groups in total. The molecule has 0 bridgehead atoms. The fourth-order valence-corrected chi connectivity index (χ4v) is 3.81. The minimum Gasteiger partial charge on any atom is -0.312 e. The van der Waals surface area contributed by atoms with Crippen molar-refractivity contribution in [3.05, 3.63) is 0 Å². The lowest BCUT2D eigenvalue weighted by Crippen LogP contribution is -2.42. The first kappa shape index (κ1) is 18.0. The molecule has 0 radical (unpaired) electrons. The predicted molar refractivity (Wildman–Crippen MR) is 91.1 cm³/mol. The third kappa shape index (κ3) is 7.11. The van der Waals surface area contributed by atoms with E-state index in [-0.39, 0.29) is 5.54 Å². The van der Waals surface area contributed by atoms with E-state index in [1.165, 1.54) is 64.3 Å². The van der Waals surface area contributed by atoms with Crippen molar-refractivity contribution in [1.29, 1.82) is 0 Å². The van der Waals surface area contributed by atoms with Gasteiger partial charge in [-0.25, -0.2) is 0 Å². The zero-order chi connectivity index (χ0) is 15.0. The predicted octanol–water partition coefficient (Wildman–Crippen LogP) is 5.79. The summed E-state index contributed by atoms with van der Waals surface area (Å²) in [4.78, 5) is 0. The summed E-state index contributed by atoms with van der Waals surface area (Å²) < 4.78 is 0. The van der Waals surface area contributed by atoms with Crippen LogP contribution in [0.3, 0.4) is 0 Å². The molecule has 1 aliphatic carbocycles. The smallest absolute Gasteiger partial charge is 0.00966 e. The van der Waals surface area contributed by atoms with Gasteiger partial charge in [-0.05, 0) is 57.9 Å². The minimum atomic E-state index is 0.272. The number of rotatable bonds is 8. The fraction of sp³-hybridized carbons (Fsp3) is 1.00. The van der Waals surface area contributed by atoms with Crippen molar-refractivity contribution >= 4 is 0 Å². The summed E-state index contributed by atoms with van der Waals surface area (Å²) in [6, 6.07) is 0. The van der Waals surface area contributed by atoms with Gasteiger partial charge in [0.1, 0.15) is 0 Å². The molecule has 0 saturated heterocycles. The summed E-state index contributed by atoms with van der Waals surface area (Å²) in [6.45, 7) is 12.8. The minimum absolute atomic E-state index is 0.272. The lowest BCUT2D eigenvalue weighted by Gasteiger charge is -2.38. The molecular formula is C19H39N. The van der Waals surface area contributed by atoms with E-state index in [9.17, 15) is 0 Å². The molecule has 0 aromatic carbocycles. The third-order valence-electron chi connectivity index (χ3n) is 5.02. The van der Waals surface area contributed by atoms with Gasteiger partial charge >= 0.3 is 0 Å². The maximum atomic E-state index is 3.76. The Morgan fingerprint density at radius 1 is 0.900 bits per heavy atom. The standard InChI is InChI=1S/C19H39N/c1-6-8-9-11-17-14-16(10-7-2)12-13-18(17)15-20-19(3,4)5/h16-18,20H,6-15H2,1-5H3. The van der Waals surface area contributed by atoms with E-state index in [1.807, 2.05) is 0 Å². The highest BCUT2D eigenvalue weighted by atomic mass is 14.9. The lowest BCUT2D eigenvalue weighted by molar-refractivity contribution is 0.149. The Morgan fingerprint density at radius 2 is 1.65 bits per heavy atom. The molecule has 1 aliphatic rings. The van der Waals surface area contributed by atoms with E-state index in [0.29, 0.717) is 0 Å². The largest absolute Gasteiger partial charge is 0.312 e. The molecule has 0 amide bonds. The van der Waals surface area contributed by atoms with Crippen molar-refractivity contribution in [1.82, 2.24) is 5.32 Å². The number of unbranched alkanes of at least 4 members (excludes halogenated alkanes) is 2. The van der Waals surface area contributed by atoms with Crippen LogP contribution in [-0.4, -0.2) is 12.1 Å². The molecule has 3 unspecified atom stereocenters. The molecule has 1 rings (SSSR count). The van der Waals surface area contributed by atoms with Gasteiger partial charge in [-0.3, -0.25) is 0 Å². The Bertz CT molecular complexity index is 241. The molecule has 0 spiro atoms. The van der Waals surface area contributed by atoms with Crippen LogP contribution in [0.25, 0.3) is 0 Å². The molecule has 1 fully saturated rings. The van der Waals surface area contributed by atoms with Crippen LogP contribution in [0.2, 0.25) is 0 Å². The Morgan fingerprint density at radius 3 is 2.25 bits per heavy atom. The first-order valence-corrected chi connectivity index (χ1v) is 9.21. The first-order chi connectivity index (χ1) is 9.46. The average molecular weight is 282 g/mol.